The number of rotatable bonds is 8. The van der Waals surface area contributed by atoms with Gasteiger partial charge in [0.05, 0.1) is 20.3 Å². The number of nitrogens with one attached hydrogen (secondary N) is 1. The summed E-state index contributed by atoms with van der Waals surface area (Å²) < 4.78 is 16.6. The van der Waals surface area contributed by atoms with Crippen LogP contribution in [0.1, 0.15) is 43.0 Å². The second kappa shape index (κ2) is 9.31. The molecule has 5 heteroatoms. The molecular weight excluding hydrogens is 342 g/mol. The van der Waals surface area contributed by atoms with Gasteiger partial charge in [0, 0.05) is 0 Å². The van der Waals surface area contributed by atoms with E-state index in [0.717, 1.165) is 22.4 Å². The van der Waals surface area contributed by atoms with Gasteiger partial charge in [-0.1, -0.05) is 25.1 Å². The lowest BCUT2D eigenvalue weighted by atomic mass is 10.1. The van der Waals surface area contributed by atoms with E-state index in [-0.39, 0.29) is 11.9 Å². The number of hydrogen-bond donors (Lipinski definition) is 1. The fourth-order valence-corrected chi connectivity index (χ4v) is 2.82. The van der Waals surface area contributed by atoms with Gasteiger partial charge in [-0.15, -0.1) is 0 Å². The molecule has 0 aliphatic carbocycles. The van der Waals surface area contributed by atoms with Gasteiger partial charge in [-0.2, -0.15) is 0 Å². The van der Waals surface area contributed by atoms with Crippen molar-refractivity contribution in [3.05, 3.63) is 53.1 Å². The molecule has 0 unspecified atom stereocenters. The normalized spacial score (nSPS) is 12.8. The van der Waals surface area contributed by atoms with Crippen LogP contribution < -0.4 is 19.5 Å². The number of hydrogen-bond acceptors (Lipinski definition) is 4. The SMILES string of the molecule is CC[C@H](Oc1cc(C)ccc1C)C(=O)N[C@H](C)c1ccc(OC)c(OC)c1. The molecule has 146 valence electrons. The lowest BCUT2D eigenvalue weighted by Gasteiger charge is -2.22. The number of amides is 1. The summed E-state index contributed by atoms with van der Waals surface area (Å²) in [5, 5.41) is 3.03. The summed E-state index contributed by atoms with van der Waals surface area (Å²) in [4.78, 5) is 12.7. The predicted molar refractivity (Wildman–Crippen MR) is 107 cm³/mol. The summed E-state index contributed by atoms with van der Waals surface area (Å²) in [6.07, 6.45) is 0.0332. The standard InChI is InChI=1S/C22H29NO4/c1-7-18(27-20-12-14(2)8-9-15(20)3)22(24)23-16(4)17-10-11-19(25-5)21(13-17)26-6/h8-13,16,18H,7H2,1-6H3,(H,23,24)/t16-,18+/m1/s1. The van der Waals surface area contributed by atoms with E-state index in [4.69, 9.17) is 14.2 Å². The Balaban J connectivity index is 2.10. The average molecular weight is 371 g/mol. The Morgan fingerprint density at radius 1 is 1.00 bits per heavy atom. The van der Waals surface area contributed by atoms with Gasteiger partial charge in [0.25, 0.3) is 5.91 Å². The van der Waals surface area contributed by atoms with Crippen LogP contribution in [-0.2, 0) is 4.79 Å². The molecule has 0 spiro atoms. The summed E-state index contributed by atoms with van der Waals surface area (Å²) in [6.45, 7) is 7.86. The first-order valence-corrected chi connectivity index (χ1v) is 9.15. The van der Waals surface area contributed by atoms with E-state index in [1.54, 1.807) is 14.2 Å². The summed E-state index contributed by atoms with van der Waals surface area (Å²) in [5.74, 6) is 1.90. The average Bonchev–Trinajstić information content (AvgIpc) is 2.67. The van der Waals surface area contributed by atoms with Crippen LogP contribution in [0.15, 0.2) is 36.4 Å². The van der Waals surface area contributed by atoms with E-state index in [0.29, 0.717) is 17.9 Å². The van der Waals surface area contributed by atoms with E-state index in [1.165, 1.54) is 0 Å². The van der Waals surface area contributed by atoms with E-state index in [2.05, 4.69) is 5.32 Å². The number of aryl methyl sites for hydroxylation is 2. The largest absolute Gasteiger partial charge is 0.493 e. The van der Waals surface area contributed by atoms with Crippen LogP contribution in [0.2, 0.25) is 0 Å². The van der Waals surface area contributed by atoms with E-state index < -0.39 is 6.10 Å². The number of carbonyl (C=O) groups excluding carboxylic acids is 1. The van der Waals surface area contributed by atoms with Gasteiger partial charge >= 0.3 is 0 Å². The van der Waals surface area contributed by atoms with Gasteiger partial charge in [-0.3, -0.25) is 4.79 Å². The van der Waals surface area contributed by atoms with Crippen LogP contribution in [0.5, 0.6) is 17.2 Å². The number of ether oxygens (including phenoxy) is 3. The molecule has 2 aromatic rings. The van der Waals surface area contributed by atoms with E-state index in [1.807, 2.05) is 64.1 Å². The summed E-state index contributed by atoms with van der Waals surface area (Å²) in [7, 11) is 3.19. The minimum absolute atomic E-state index is 0.138. The molecule has 0 radical (unpaired) electrons. The molecule has 2 rings (SSSR count). The number of benzene rings is 2. The van der Waals surface area contributed by atoms with Gasteiger partial charge in [-0.05, 0) is 62.1 Å². The van der Waals surface area contributed by atoms with Gasteiger partial charge in [0.2, 0.25) is 0 Å². The van der Waals surface area contributed by atoms with Crippen LogP contribution >= 0.6 is 0 Å². The van der Waals surface area contributed by atoms with Crippen molar-refractivity contribution >= 4 is 5.91 Å². The van der Waals surface area contributed by atoms with Crippen molar-refractivity contribution in [2.45, 2.75) is 46.3 Å². The number of carbonyl (C=O) groups is 1. The molecule has 0 aliphatic heterocycles. The first-order valence-electron chi connectivity index (χ1n) is 9.15. The maximum Gasteiger partial charge on any atom is 0.261 e. The Kier molecular flexibility index (Phi) is 7.11. The highest BCUT2D eigenvalue weighted by molar-refractivity contribution is 5.81. The topological polar surface area (TPSA) is 56.8 Å². The third-order valence-corrected chi connectivity index (χ3v) is 4.54. The van der Waals surface area contributed by atoms with Crippen molar-refractivity contribution < 1.29 is 19.0 Å². The van der Waals surface area contributed by atoms with Crippen LogP contribution in [0.4, 0.5) is 0 Å². The molecule has 0 aromatic heterocycles. The van der Waals surface area contributed by atoms with Crippen molar-refractivity contribution in [1.29, 1.82) is 0 Å². The quantitative estimate of drug-likeness (QED) is 0.749. The Morgan fingerprint density at radius 2 is 1.70 bits per heavy atom. The molecule has 2 atom stereocenters. The summed E-state index contributed by atoms with van der Waals surface area (Å²) in [5.41, 5.74) is 3.05. The molecule has 1 N–H and O–H groups in total. The fraction of sp³-hybridized carbons (Fsp3) is 0.409. The predicted octanol–water partition coefficient (Wildman–Crippen LogP) is 4.36. The van der Waals surface area contributed by atoms with Crippen molar-refractivity contribution in [3.63, 3.8) is 0 Å². The Bertz CT molecular complexity index is 788. The first kappa shape index (κ1) is 20.6. The minimum atomic E-state index is -0.548. The van der Waals surface area contributed by atoms with E-state index >= 15 is 0 Å². The van der Waals surface area contributed by atoms with Crippen molar-refractivity contribution in [2.24, 2.45) is 0 Å². The molecular formula is C22H29NO4. The smallest absolute Gasteiger partial charge is 0.261 e. The van der Waals surface area contributed by atoms with Crippen LogP contribution in [0.25, 0.3) is 0 Å². The maximum atomic E-state index is 12.7. The highest BCUT2D eigenvalue weighted by Gasteiger charge is 2.22. The Hall–Kier alpha value is -2.69. The lowest BCUT2D eigenvalue weighted by molar-refractivity contribution is -0.128. The zero-order valence-corrected chi connectivity index (χ0v) is 17.0. The van der Waals surface area contributed by atoms with E-state index in [9.17, 15) is 4.79 Å². The summed E-state index contributed by atoms with van der Waals surface area (Å²) >= 11 is 0. The van der Waals surface area contributed by atoms with Crippen molar-refractivity contribution in [1.82, 2.24) is 5.32 Å². The maximum absolute atomic E-state index is 12.7. The third-order valence-electron chi connectivity index (χ3n) is 4.54. The highest BCUT2D eigenvalue weighted by Crippen LogP contribution is 2.30. The van der Waals surface area contributed by atoms with Crippen LogP contribution in [0.3, 0.4) is 0 Å². The molecule has 2 aromatic carbocycles. The van der Waals surface area contributed by atoms with Crippen molar-refractivity contribution in [3.8, 4) is 17.2 Å². The second-order valence-electron chi connectivity index (χ2n) is 6.63. The first-order chi connectivity index (χ1) is 12.9. The molecule has 0 fully saturated rings. The lowest BCUT2D eigenvalue weighted by Crippen LogP contribution is -2.39. The molecule has 27 heavy (non-hydrogen) atoms. The van der Waals surface area contributed by atoms with Crippen molar-refractivity contribution in [2.75, 3.05) is 14.2 Å². The molecule has 0 aliphatic rings. The fourth-order valence-electron chi connectivity index (χ4n) is 2.82. The van der Waals surface area contributed by atoms with Gasteiger partial charge in [-0.25, -0.2) is 0 Å². The summed E-state index contributed by atoms with van der Waals surface area (Å²) in [6, 6.07) is 11.4. The Morgan fingerprint density at radius 3 is 2.33 bits per heavy atom. The Labute approximate surface area is 161 Å². The zero-order chi connectivity index (χ0) is 20.0. The molecule has 0 heterocycles. The zero-order valence-electron chi connectivity index (χ0n) is 17.0. The molecule has 5 nitrogen and oxygen atoms in total. The van der Waals surface area contributed by atoms with Gasteiger partial charge < -0.3 is 19.5 Å². The van der Waals surface area contributed by atoms with Gasteiger partial charge in [0.1, 0.15) is 5.75 Å². The monoisotopic (exact) mass is 371 g/mol. The van der Waals surface area contributed by atoms with Crippen LogP contribution in [0, 0.1) is 13.8 Å². The van der Waals surface area contributed by atoms with Crippen LogP contribution in [-0.4, -0.2) is 26.2 Å². The molecule has 0 saturated heterocycles. The number of methoxy groups -OCH3 is 2. The third kappa shape index (κ3) is 5.16. The molecule has 0 bridgehead atoms. The highest BCUT2D eigenvalue weighted by atomic mass is 16.5. The molecule has 1 amide bonds. The minimum Gasteiger partial charge on any atom is -0.493 e. The van der Waals surface area contributed by atoms with Gasteiger partial charge in [0.15, 0.2) is 17.6 Å². The second-order valence-corrected chi connectivity index (χ2v) is 6.63. The molecule has 0 saturated carbocycles.